The predicted molar refractivity (Wildman–Crippen MR) is 145 cm³/mol. The molecule has 0 aliphatic heterocycles. The SMILES string of the molecule is Cc1c(O)c(O)cc(-c2ccccc2-c2cc(O)c(O)c(C)c2C2CCCCC2)c1C1CCCCC1. The van der Waals surface area contributed by atoms with Crippen LogP contribution in [0.4, 0.5) is 0 Å². The first kappa shape index (κ1) is 24.5. The molecule has 0 amide bonds. The van der Waals surface area contributed by atoms with Crippen molar-refractivity contribution < 1.29 is 20.4 Å². The van der Waals surface area contributed by atoms with Gasteiger partial charge in [-0.15, -0.1) is 0 Å². The Kier molecular flexibility index (Phi) is 6.87. The fourth-order valence-electron chi connectivity index (χ4n) is 6.84. The molecular weight excluding hydrogens is 448 g/mol. The van der Waals surface area contributed by atoms with Gasteiger partial charge in [0.15, 0.2) is 23.0 Å². The van der Waals surface area contributed by atoms with Gasteiger partial charge in [0.25, 0.3) is 0 Å². The summed E-state index contributed by atoms with van der Waals surface area (Å²) in [6.07, 6.45) is 11.5. The molecule has 3 aromatic rings. The van der Waals surface area contributed by atoms with Crippen molar-refractivity contribution in [3.8, 4) is 45.3 Å². The van der Waals surface area contributed by atoms with Gasteiger partial charge in [0.05, 0.1) is 0 Å². The van der Waals surface area contributed by atoms with Crippen molar-refractivity contribution >= 4 is 0 Å². The molecule has 0 atom stereocenters. The molecule has 2 aliphatic rings. The highest BCUT2D eigenvalue weighted by Crippen LogP contribution is 2.51. The Morgan fingerprint density at radius 3 is 1.25 bits per heavy atom. The molecule has 2 aliphatic carbocycles. The van der Waals surface area contributed by atoms with Crippen LogP contribution in [0.5, 0.6) is 23.0 Å². The molecule has 0 heterocycles. The molecule has 0 spiro atoms. The molecular formula is C32H38O4. The molecule has 4 heteroatoms. The summed E-state index contributed by atoms with van der Waals surface area (Å²) in [7, 11) is 0. The standard InChI is InChI=1S/C32H38O4/c1-19-29(21-11-5-3-6-12-21)25(17-27(33)31(19)35)23-15-9-10-16-24(23)26-18-28(34)32(36)20(2)30(26)22-13-7-4-8-14-22/h9-10,15-18,21-22,33-36H,3-8,11-14H2,1-2H3. The Balaban J connectivity index is 1.76. The Hall–Kier alpha value is -3.14. The molecule has 5 rings (SSSR count). The van der Waals surface area contributed by atoms with Gasteiger partial charge < -0.3 is 20.4 Å². The van der Waals surface area contributed by atoms with E-state index in [4.69, 9.17) is 0 Å². The van der Waals surface area contributed by atoms with Crippen LogP contribution in [-0.2, 0) is 0 Å². The largest absolute Gasteiger partial charge is 0.504 e. The minimum atomic E-state index is -0.103. The van der Waals surface area contributed by atoms with E-state index in [1.54, 1.807) is 12.1 Å². The number of rotatable bonds is 4. The Morgan fingerprint density at radius 1 is 0.528 bits per heavy atom. The molecule has 3 aromatic carbocycles. The lowest BCUT2D eigenvalue weighted by molar-refractivity contribution is 0.396. The maximum absolute atomic E-state index is 10.7. The van der Waals surface area contributed by atoms with Crippen LogP contribution in [-0.4, -0.2) is 20.4 Å². The van der Waals surface area contributed by atoms with Gasteiger partial charge in [-0.25, -0.2) is 0 Å². The van der Waals surface area contributed by atoms with Crippen LogP contribution in [0.1, 0.15) is 98.3 Å². The molecule has 4 nitrogen and oxygen atoms in total. The molecule has 0 aromatic heterocycles. The number of hydrogen-bond acceptors (Lipinski definition) is 4. The first-order valence-corrected chi connectivity index (χ1v) is 13.6. The number of benzene rings is 3. The lowest BCUT2D eigenvalue weighted by Crippen LogP contribution is -2.10. The van der Waals surface area contributed by atoms with Crippen molar-refractivity contribution in [1.82, 2.24) is 0 Å². The van der Waals surface area contributed by atoms with E-state index in [2.05, 4.69) is 12.1 Å². The van der Waals surface area contributed by atoms with Gasteiger partial charge in [0, 0.05) is 0 Å². The summed E-state index contributed by atoms with van der Waals surface area (Å²) in [5.74, 6) is 0.404. The minimum absolute atomic E-state index is 0.0298. The minimum Gasteiger partial charge on any atom is -0.504 e. The Labute approximate surface area is 214 Å². The highest BCUT2D eigenvalue weighted by atomic mass is 16.3. The first-order chi connectivity index (χ1) is 17.4. The van der Waals surface area contributed by atoms with E-state index in [-0.39, 0.29) is 23.0 Å². The van der Waals surface area contributed by atoms with Crippen molar-refractivity contribution in [3.63, 3.8) is 0 Å². The van der Waals surface area contributed by atoms with Gasteiger partial charge >= 0.3 is 0 Å². The third kappa shape index (κ3) is 4.31. The summed E-state index contributed by atoms with van der Waals surface area (Å²) in [6.45, 7) is 3.82. The second kappa shape index (κ2) is 10.1. The summed E-state index contributed by atoms with van der Waals surface area (Å²) in [4.78, 5) is 0. The van der Waals surface area contributed by atoms with Crippen LogP contribution < -0.4 is 0 Å². The van der Waals surface area contributed by atoms with Crippen molar-refractivity contribution in [3.05, 3.63) is 58.7 Å². The summed E-state index contributed by atoms with van der Waals surface area (Å²) in [6, 6.07) is 11.6. The zero-order chi connectivity index (χ0) is 25.4. The fraction of sp³-hybridized carbons (Fsp3) is 0.438. The smallest absolute Gasteiger partial charge is 0.160 e. The van der Waals surface area contributed by atoms with Crippen LogP contribution in [0.15, 0.2) is 36.4 Å². The van der Waals surface area contributed by atoms with Crippen molar-refractivity contribution in [2.45, 2.75) is 89.9 Å². The molecule has 2 fully saturated rings. The van der Waals surface area contributed by atoms with E-state index in [0.29, 0.717) is 11.8 Å². The van der Waals surface area contributed by atoms with Crippen molar-refractivity contribution in [1.29, 1.82) is 0 Å². The zero-order valence-electron chi connectivity index (χ0n) is 21.5. The molecule has 4 N–H and O–H groups in total. The highest BCUT2D eigenvalue weighted by molar-refractivity contribution is 5.89. The van der Waals surface area contributed by atoms with Crippen molar-refractivity contribution in [2.24, 2.45) is 0 Å². The van der Waals surface area contributed by atoms with E-state index in [1.165, 1.54) is 38.5 Å². The van der Waals surface area contributed by atoms with Gasteiger partial charge in [0.2, 0.25) is 0 Å². The molecule has 0 unspecified atom stereocenters. The lowest BCUT2D eigenvalue weighted by Gasteiger charge is -2.29. The normalized spacial score (nSPS) is 17.4. The molecule has 0 radical (unpaired) electrons. The Bertz CT molecular complexity index is 1170. The predicted octanol–water partition coefficient (Wildman–Crippen LogP) is 8.56. The summed E-state index contributed by atoms with van der Waals surface area (Å²) in [5, 5.41) is 42.7. The van der Waals surface area contributed by atoms with Gasteiger partial charge in [0.1, 0.15) is 0 Å². The second-order valence-electron chi connectivity index (χ2n) is 10.9. The van der Waals surface area contributed by atoms with Crippen molar-refractivity contribution in [2.75, 3.05) is 0 Å². The maximum atomic E-state index is 10.7. The molecule has 36 heavy (non-hydrogen) atoms. The fourth-order valence-corrected chi connectivity index (χ4v) is 6.84. The van der Waals surface area contributed by atoms with E-state index in [0.717, 1.165) is 70.2 Å². The maximum Gasteiger partial charge on any atom is 0.160 e. The van der Waals surface area contributed by atoms with E-state index in [9.17, 15) is 20.4 Å². The second-order valence-corrected chi connectivity index (χ2v) is 10.9. The average molecular weight is 487 g/mol. The van der Waals surface area contributed by atoms with E-state index < -0.39 is 0 Å². The van der Waals surface area contributed by atoms with Crippen LogP contribution >= 0.6 is 0 Å². The zero-order valence-corrected chi connectivity index (χ0v) is 21.5. The van der Waals surface area contributed by atoms with Crippen LogP contribution in [0.2, 0.25) is 0 Å². The monoisotopic (exact) mass is 486 g/mol. The number of phenolic OH excluding ortho intramolecular Hbond substituents is 4. The van der Waals surface area contributed by atoms with E-state index in [1.807, 2.05) is 26.0 Å². The van der Waals surface area contributed by atoms with Crippen LogP contribution in [0.3, 0.4) is 0 Å². The summed E-state index contributed by atoms with van der Waals surface area (Å²) < 4.78 is 0. The van der Waals surface area contributed by atoms with E-state index >= 15 is 0 Å². The van der Waals surface area contributed by atoms with Crippen LogP contribution in [0.25, 0.3) is 22.3 Å². The summed E-state index contributed by atoms with van der Waals surface area (Å²) in [5.41, 5.74) is 7.62. The third-order valence-electron chi connectivity index (χ3n) is 8.68. The number of hydrogen-bond donors (Lipinski definition) is 4. The van der Waals surface area contributed by atoms with Crippen LogP contribution in [0, 0.1) is 13.8 Å². The lowest BCUT2D eigenvalue weighted by atomic mass is 9.75. The summed E-state index contributed by atoms with van der Waals surface area (Å²) >= 11 is 0. The highest BCUT2D eigenvalue weighted by Gasteiger charge is 2.28. The van der Waals surface area contributed by atoms with Gasteiger partial charge in [-0.05, 0) is 108 Å². The first-order valence-electron chi connectivity index (χ1n) is 13.6. The molecule has 0 bridgehead atoms. The third-order valence-corrected chi connectivity index (χ3v) is 8.68. The van der Waals surface area contributed by atoms with Gasteiger partial charge in [-0.3, -0.25) is 0 Å². The average Bonchev–Trinajstić information content (AvgIpc) is 2.91. The topological polar surface area (TPSA) is 80.9 Å². The number of aromatic hydroxyl groups is 4. The van der Waals surface area contributed by atoms with Gasteiger partial charge in [-0.1, -0.05) is 62.8 Å². The van der Waals surface area contributed by atoms with Gasteiger partial charge in [-0.2, -0.15) is 0 Å². The number of phenols is 4. The molecule has 0 saturated heterocycles. The molecule has 190 valence electrons. The molecule has 2 saturated carbocycles. The quantitative estimate of drug-likeness (QED) is 0.278. The Morgan fingerprint density at radius 2 is 0.889 bits per heavy atom.